The molecule has 2 aromatic carbocycles. The van der Waals surface area contributed by atoms with Crippen LogP contribution in [0.5, 0.6) is 5.75 Å². The van der Waals surface area contributed by atoms with E-state index in [1.807, 2.05) is 30.3 Å². The molecule has 0 fully saturated rings. The predicted octanol–water partition coefficient (Wildman–Crippen LogP) is 3.88. The molecule has 0 aromatic heterocycles. The van der Waals surface area contributed by atoms with E-state index in [0.29, 0.717) is 15.8 Å². The average Bonchev–Trinajstić information content (AvgIpc) is 2.58. The van der Waals surface area contributed by atoms with Crippen LogP contribution in [-0.2, 0) is 17.6 Å². The third-order valence-electron chi connectivity index (χ3n) is 4.60. The van der Waals surface area contributed by atoms with Crippen molar-refractivity contribution in [1.82, 2.24) is 0 Å². The largest absolute Gasteiger partial charge is 0.484 e. The van der Waals surface area contributed by atoms with Crippen molar-refractivity contribution >= 4 is 41.5 Å². The van der Waals surface area contributed by atoms with Crippen molar-refractivity contribution in [2.24, 2.45) is 11.5 Å². The lowest BCUT2D eigenvalue weighted by molar-refractivity contribution is -0.119. The van der Waals surface area contributed by atoms with E-state index in [-0.39, 0.29) is 31.0 Å². The van der Waals surface area contributed by atoms with Gasteiger partial charge >= 0.3 is 0 Å². The summed E-state index contributed by atoms with van der Waals surface area (Å²) < 4.78 is 5.45. The number of primary amides is 1. The fourth-order valence-corrected chi connectivity index (χ4v) is 3.65. The highest BCUT2D eigenvalue weighted by Gasteiger charge is 2.28. The first-order valence-electron chi connectivity index (χ1n) is 8.17. The maximum atomic E-state index is 10.9. The van der Waals surface area contributed by atoms with Crippen LogP contribution in [0, 0.1) is 0 Å². The van der Waals surface area contributed by atoms with Gasteiger partial charge in [0.05, 0.1) is 10.0 Å². The molecule has 0 spiro atoms. The van der Waals surface area contributed by atoms with E-state index in [0.717, 1.165) is 30.4 Å². The van der Waals surface area contributed by atoms with Crippen LogP contribution in [0.15, 0.2) is 36.4 Å². The van der Waals surface area contributed by atoms with Crippen molar-refractivity contribution in [3.8, 4) is 5.75 Å². The average molecular weight is 416 g/mol. The molecule has 7 heteroatoms. The standard InChI is InChI=1S/C19H20Cl2N2O2.ClH/c20-16-5-1-11(8-17(16)21)7-15-14-9-13(25-10-19(23)24)4-2-12(14)3-6-18(15)22;/h1-2,4-5,8-9,15,18H,3,6-7,10,22H2,(H2,23,24);1H. The Bertz CT molecular complexity index is 798. The van der Waals surface area contributed by atoms with Gasteiger partial charge in [0, 0.05) is 12.0 Å². The number of fused-ring (bicyclic) bond motifs is 1. The highest BCUT2D eigenvalue weighted by Crippen LogP contribution is 2.36. The summed E-state index contributed by atoms with van der Waals surface area (Å²) in [6, 6.07) is 11.6. The Labute approximate surface area is 169 Å². The molecule has 0 saturated heterocycles. The molecule has 140 valence electrons. The number of hydrogen-bond donors (Lipinski definition) is 2. The van der Waals surface area contributed by atoms with Gasteiger partial charge in [-0.2, -0.15) is 0 Å². The lowest BCUT2D eigenvalue weighted by Gasteiger charge is -2.32. The smallest absolute Gasteiger partial charge is 0.255 e. The van der Waals surface area contributed by atoms with E-state index in [9.17, 15) is 4.79 Å². The van der Waals surface area contributed by atoms with Crippen molar-refractivity contribution in [2.45, 2.75) is 31.2 Å². The monoisotopic (exact) mass is 414 g/mol. The first-order chi connectivity index (χ1) is 11.9. The van der Waals surface area contributed by atoms with Crippen LogP contribution < -0.4 is 16.2 Å². The van der Waals surface area contributed by atoms with Gasteiger partial charge in [-0.1, -0.05) is 35.3 Å². The van der Waals surface area contributed by atoms with Crippen molar-refractivity contribution in [1.29, 1.82) is 0 Å². The molecular formula is C19H21Cl3N2O2. The van der Waals surface area contributed by atoms with Crippen LogP contribution in [0.3, 0.4) is 0 Å². The summed E-state index contributed by atoms with van der Waals surface area (Å²) in [5.74, 6) is 0.283. The number of nitrogens with two attached hydrogens (primary N) is 2. The molecule has 0 bridgehead atoms. The van der Waals surface area contributed by atoms with Gasteiger partial charge in [0.25, 0.3) is 5.91 Å². The Morgan fingerprint density at radius 2 is 1.92 bits per heavy atom. The minimum Gasteiger partial charge on any atom is -0.484 e. The Hall–Kier alpha value is -1.46. The quantitative estimate of drug-likeness (QED) is 0.778. The highest BCUT2D eigenvalue weighted by atomic mass is 35.5. The normalized spacial score (nSPS) is 18.6. The van der Waals surface area contributed by atoms with Gasteiger partial charge in [-0.25, -0.2) is 0 Å². The maximum Gasteiger partial charge on any atom is 0.255 e. The molecule has 0 radical (unpaired) electrons. The van der Waals surface area contributed by atoms with Crippen molar-refractivity contribution in [3.05, 3.63) is 63.1 Å². The number of carbonyl (C=O) groups excluding carboxylic acids is 1. The highest BCUT2D eigenvalue weighted by molar-refractivity contribution is 6.42. The van der Waals surface area contributed by atoms with Gasteiger partial charge in [-0.3, -0.25) is 4.79 Å². The molecule has 0 saturated carbocycles. The lowest BCUT2D eigenvalue weighted by atomic mass is 9.76. The van der Waals surface area contributed by atoms with Crippen molar-refractivity contribution in [2.75, 3.05) is 6.61 Å². The van der Waals surface area contributed by atoms with E-state index in [2.05, 4.69) is 0 Å². The van der Waals surface area contributed by atoms with Crippen LogP contribution in [-0.4, -0.2) is 18.6 Å². The molecular weight excluding hydrogens is 395 g/mol. The molecule has 1 aliphatic carbocycles. The number of hydrogen-bond acceptors (Lipinski definition) is 3. The SMILES string of the molecule is Cl.NC(=O)COc1ccc2c(c1)C(Cc1ccc(Cl)c(Cl)c1)C(N)CC2. The molecule has 1 aliphatic rings. The van der Waals surface area contributed by atoms with Gasteiger partial charge in [0.15, 0.2) is 6.61 Å². The first-order valence-corrected chi connectivity index (χ1v) is 8.93. The lowest BCUT2D eigenvalue weighted by Crippen LogP contribution is -2.34. The molecule has 26 heavy (non-hydrogen) atoms. The van der Waals surface area contributed by atoms with Gasteiger partial charge < -0.3 is 16.2 Å². The fourth-order valence-electron chi connectivity index (χ4n) is 3.33. The van der Waals surface area contributed by atoms with Crippen molar-refractivity contribution in [3.63, 3.8) is 0 Å². The zero-order valence-corrected chi connectivity index (χ0v) is 16.4. The topological polar surface area (TPSA) is 78.3 Å². The van der Waals surface area contributed by atoms with Crippen LogP contribution in [0.4, 0.5) is 0 Å². The van der Waals surface area contributed by atoms with Gasteiger partial charge in [0.1, 0.15) is 5.75 Å². The second-order valence-corrected chi connectivity index (χ2v) is 7.19. The summed E-state index contributed by atoms with van der Waals surface area (Å²) in [5.41, 5.74) is 15.1. The van der Waals surface area contributed by atoms with Crippen LogP contribution >= 0.6 is 35.6 Å². The van der Waals surface area contributed by atoms with Crippen LogP contribution in [0.25, 0.3) is 0 Å². The first kappa shape index (κ1) is 20.8. The number of amides is 1. The molecule has 2 aromatic rings. The summed E-state index contributed by atoms with van der Waals surface area (Å²) in [6.45, 7) is -0.137. The van der Waals surface area contributed by atoms with E-state index in [4.69, 9.17) is 39.4 Å². The number of halogens is 3. The summed E-state index contributed by atoms with van der Waals surface area (Å²) in [6.07, 6.45) is 2.63. The Morgan fingerprint density at radius 1 is 1.15 bits per heavy atom. The van der Waals surface area contributed by atoms with Crippen LogP contribution in [0.1, 0.15) is 29.0 Å². The molecule has 4 nitrogen and oxygen atoms in total. The van der Waals surface area contributed by atoms with E-state index >= 15 is 0 Å². The minimum atomic E-state index is -0.498. The van der Waals surface area contributed by atoms with Gasteiger partial charge in [-0.05, 0) is 60.2 Å². The summed E-state index contributed by atoms with van der Waals surface area (Å²) in [4.78, 5) is 10.9. The molecule has 0 heterocycles. The number of aryl methyl sites for hydroxylation is 1. The van der Waals surface area contributed by atoms with E-state index < -0.39 is 5.91 Å². The number of rotatable bonds is 5. The summed E-state index contributed by atoms with van der Waals surface area (Å²) in [7, 11) is 0. The second-order valence-electron chi connectivity index (χ2n) is 6.38. The molecule has 1 amide bonds. The summed E-state index contributed by atoms with van der Waals surface area (Å²) in [5, 5.41) is 1.09. The summed E-state index contributed by atoms with van der Waals surface area (Å²) >= 11 is 12.1. The third-order valence-corrected chi connectivity index (χ3v) is 5.34. The minimum absolute atomic E-state index is 0. The number of benzene rings is 2. The van der Waals surface area contributed by atoms with E-state index in [1.165, 1.54) is 5.56 Å². The molecule has 0 aliphatic heterocycles. The zero-order chi connectivity index (χ0) is 18.0. The number of ether oxygens (including phenoxy) is 1. The van der Waals surface area contributed by atoms with Crippen LogP contribution in [0.2, 0.25) is 10.0 Å². The molecule has 2 atom stereocenters. The fraction of sp³-hybridized carbons (Fsp3) is 0.316. The maximum absolute atomic E-state index is 10.9. The van der Waals surface area contributed by atoms with E-state index in [1.54, 1.807) is 6.07 Å². The van der Waals surface area contributed by atoms with Gasteiger partial charge in [0.2, 0.25) is 0 Å². The molecule has 3 rings (SSSR count). The van der Waals surface area contributed by atoms with Gasteiger partial charge in [-0.15, -0.1) is 12.4 Å². The zero-order valence-electron chi connectivity index (χ0n) is 14.1. The predicted molar refractivity (Wildman–Crippen MR) is 108 cm³/mol. The Kier molecular flexibility index (Phi) is 7.18. The molecule has 4 N–H and O–H groups in total. The number of carbonyl (C=O) groups is 1. The Morgan fingerprint density at radius 3 is 2.62 bits per heavy atom. The second kappa shape index (κ2) is 8.96. The third kappa shape index (κ3) is 4.83. The Balaban J connectivity index is 0.00000243. The van der Waals surface area contributed by atoms with Crippen molar-refractivity contribution < 1.29 is 9.53 Å². The molecule has 2 unspecified atom stereocenters.